The Balaban J connectivity index is 1.67. The summed E-state index contributed by atoms with van der Waals surface area (Å²) in [5, 5.41) is 0. The van der Waals surface area contributed by atoms with Gasteiger partial charge in [0.1, 0.15) is 0 Å². The topological polar surface area (TPSA) is 66.9 Å². The van der Waals surface area contributed by atoms with Crippen molar-refractivity contribution in [3.8, 4) is 11.1 Å². The van der Waals surface area contributed by atoms with Gasteiger partial charge in [0.05, 0.1) is 18.6 Å². The molecule has 29 heavy (non-hydrogen) atoms. The number of carbonyl (C=O) groups is 3. The highest BCUT2D eigenvalue weighted by atomic mass is 16.5. The summed E-state index contributed by atoms with van der Waals surface area (Å²) in [6.07, 6.45) is 0.00962. The van der Waals surface area contributed by atoms with E-state index in [4.69, 9.17) is 4.74 Å². The number of hydrogen-bond acceptors (Lipinski definition) is 4. The van der Waals surface area contributed by atoms with E-state index in [9.17, 15) is 14.4 Å². The first-order valence-electron chi connectivity index (χ1n) is 9.84. The van der Waals surface area contributed by atoms with E-state index in [-0.39, 0.29) is 30.6 Å². The van der Waals surface area contributed by atoms with Crippen LogP contribution in [-0.4, -0.2) is 60.9 Å². The maximum Gasteiger partial charge on any atom is 0.240 e. The molecule has 0 N–H and O–H groups in total. The van der Waals surface area contributed by atoms with Gasteiger partial charge in [0.15, 0.2) is 0 Å². The van der Waals surface area contributed by atoms with Crippen LogP contribution in [0.5, 0.6) is 0 Å². The molecule has 0 radical (unpaired) electrons. The molecule has 0 aliphatic carbocycles. The fourth-order valence-corrected chi connectivity index (χ4v) is 4.15. The van der Waals surface area contributed by atoms with E-state index < -0.39 is 5.41 Å². The Morgan fingerprint density at radius 1 is 0.966 bits per heavy atom. The van der Waals surface area contributed by atoms with E-state index >= 15 is 0 Å². The summed E-state index contributed by atoms with van der Waals surface area (Å²) in [5.41, 5.74) is 1.66. The number of benzene rings is 2. The molecule has 0 bridgehead atoms. The normalized spacial score (nSPS) is 22.2. The molecule has 2 aliphatic rings. The first kappa shape index (κ1) is 19.3. The number of amides is 3. The highest BCUT2D eigenvalue weighted by Crippen LogP contribution is 2.40. The van der Waals surface area contributed by atoms with Crippen LogP contribution in [0.15, 0.2) is 54.6 Å². The molecule has 2 aromatic rings. The summed E-state index contributed by atoms with van der Waals surface area (Å²) < 4.78 is 5.32. The van der Waals surface area contributed by atoms with E-state index in [1.54, 1.807) is 4.90 Å². The summed E-state index contributed by atoms with van der Waals surface area (Å²) >= 11 is 0. The van der Waals surface area contributed by atoms with Gasteiger partial charge in [-0.25, -0.2) is 0 Å². The molecule has 2 aliphatic heterocycles. The molecule has 2 aromatic carbocycles. The highest BCUT2D eigenvalue weighted by Gasteiger charge is 2.52. The Morgan fingerprint density at radius 3 is 2.17 bits per heavy atom. The molecule has 2 heterocycles. The second kappa shape index (κ2) is 7.79. The van der Waals surface area contributed by atoms with Crippen molar-refractivity contribution in [3.05, 3.63) is 60.2 Å². The molecule has 150 valence electrons. The van der Waals surface area contributed by atoms with Gasteiger partial charge < -0.3 is 9.64 Å². The predicted octanol–water partition coefficient (Wildman–Crippen LogP) is 2.23. The van der Waals surface area contributed by atoms with Crippen molar-refractivity contribution in [1.82, 2.24) is 9.80 Å². The zero-order valence-corrected chi connectivity index (χ0v) is 16.5. The number of likely N-dealkylation sites (N-methyl/N-ethyl adjacent to an activating group) is 1. The van der Waals surface area contributed by atoms with Crippen LogP contribution in [0.25, 0.3) is 11.1 Å². The number of hydrogen-bond donors (Lipinski definition) is 0. The van der Waals surface area contributed by atoms with E-state index in [0.717, 1.165) is 16.0 Å². The molecule has 2 fully saturated rings. The SMILES string of the molecule is CN1C(=O)C[C@@](CC(=O)N2CCOCC2)(c2ccc(-c3ccccc3)cc2)C1=O. The minimum atomic E-state index is -1.14. The summed E-state index contributed by atoms with van der Waals surface area (Å²) in [6.45, 7) is 2.02. The molecule has 0 saturated carbocycles. The van der Waals surface area contributed by atoms with Gasteiger partial charge in [-0.2, -0.15) is 0 Å². The minimum Gasteiger partial charge on any atom is -0.378 e. The first-order chi connectivity index (χ1) is 14.0. The molecular formula is C23H24N2O4. The fourth-order valence-electron chi connectivity index (χ4n) is 4.15. The van der Waals surface area contributed by atoms with Crippen molar-refractivity contribution in [1.29, 1.82) is 0 Å². The number of rotatable bonds is 4. The Morgan fingerprint density at radius 2 is 1.59 bits per heavy atom. The van der Waals surface area contributed by atoms with Crippen LogP contribution in [0.3, 0.4) is 0 Å². The summed E-state index contributed by atoms with van der Waals surface area (Å²) in [5.74, 6) is -0.676. The highest BCUT2D eigenvalue weighted by molar-refractivity contribution is 6.10. The second-order valence-electron chi connectivity index (χ2n) is 7.63. The molecule has 1 atom stereocenters. The fraction of sp³-hybridized carbons (Fsp3) is 0.348. The van der Waals surface area contributed by atoms with Crippen molar-refractivity contribution in [2.75, 3.05) is 33.4 Å². The van der Waals surface area contributed by atoms with Crippen molar-refractivity contribution < 1.29 is 19.1 Å². The largest absolute Gasteiger partial charge is 0.378 e. The molecule has 4 rings (SSSR count). The van der Waals surface area contributed by atoms with Gasteiger partial charge in [-0.05, 0) is 16.7 Å². The molecule has 0 spiro atoms. The quantitative estimate of drug-likeness (QED) is 0.749. The van der Waals surface area contributed by atoms with Gasteiger partial charge in [0, 0.05) is 33.0 Å². The number of imide groups is 1. The van der Waals surface area contributed by atoms with Crippen LogP contribution in [0.1, 0.15) is 18.4 Å². The third-order valence-electron chi connectivity index (χ3n) is 5.90. The van der Waals surface area contributed by atoms with Crippen LogP contribution in [-0.2, 0) is 24.5 Å². The standard InChI is InChI=1S/C23H24N2O4/c1-24-20(26)15-23(22(24)28,16-21(27)25-11-13-29-14-12-25)19-9-7-18(8-10-19)17-5-3-2-4-6-17/h2-10H,11-16H2,1H3/t23-/m1/s1. The van der Waals surface area contributed by atoms with Crippen LogP contribution >= 0.6 is 0 Å². The van der Waals surface area contributed by atoms with E-state index in [1.165, 1.54) is 7.05 Å². The van der Waals surface area contributed by atoms with Crippen molar-refractivity contribution >= 4 is 17.7 Å². The molecule has 0 unspecified atom stereocenters. The zero-order valence-electron chi connectivity index (χ0n) is 16.5. The van der Waals surface area contributed by atoms with Crippen LogP contribution < -0.4 is 0 Å². The Hall–Kier alpha value is -2.99. The first-order valence-corrected chi connectivity index (χ1v) is 9.84. The summed E-state index contributed by atoms with van der Waals surface area (Å²) in [6, 6.07) is 17.6. The van der Waals surface area contributed by atoms with Crippen LogP contribution in [0.2, 0.25) is 0 Å². The second-order valence-corrected chi connectivity index (χ2v) is 7.63. The molecule has 6 nitrogen and oxygen atoms in total. The van der Waals surface area contributed by atoms with Gasteiger partial charge in [0.2, 0.25) is 17.7 Å². The van der Waals surface area contributed by atoms with Crippen LogP contribution in [0, 0.1) is 0 Å². The number of likely N-dealkylation sites (tertiary alicyclic amines) is 1. The van der Waals surface area contributed by atoms with Gasteiger partial charge in [-0.15, -0.1) is 0 Å². The summed E-state index contributed by atoms with van der Waals surface area (Å²) in [4.78, 5) is 41.3. The lowest BCUT2D eigenvalue weighted by molar-refractivity contribution is -0.143. The van der Waals surface area contributed by atoms with Crippen molar-refractivity contribution in [2.24, 2.45) is 0 Å². The average Bonchev–Trinajstić information content (AvgIpc) is 2.99. The van der Waals surface area contributed by atoms with Crippen molar-refractivity contribution in [2.45, 2.75) is 18.3 Å². The maximum absolute atomic E-state index is 13.1. The van der Waals surface area contributed by atoms with Gasteiger partial charge in [-0.1, -0.05) is 54.6 Å². The lowest BCUT2D eigenvalue weighted by Crippen LogP contribution is -2.46. The molecule has 2 saturated heterocycles. The van der Waals surface area contributed by atoms with E-state index in [0.29, 0.717) is 31.9 Å². The predicted molar refractivity (Wildman–Crippen MR) is 108 cm³/mol. The average molecular weight is 392 g/mol. The lowest BCUT2D eigenvalue weighted by atomic mass is 9.75. The number of morpholine rings is 1. The third kappa shape index (κ3) is 3.56. The van der Waals surface area contributed by atoms with Gasteiger partial charge in [0.25, 0.3) is 0 Å². The Kier molecular flexibility index (Phi) is 5.20. The van der Waals surface area contributed by atoms with Gasteiger partial charge >= 0.3 is 0 Å². The number of ether oxygens (including phenoxy) is 1. The monoisotopic (exact) mass is 392 g/mol. The molecule has 6 heteroatoms. The molecule has 3 amide bonds. The van der Waals surface area contributed by atoms with E-state index in [2.05, 4.69) is 0 Å². The minimum absolute atomic E-state index is 0.00734. The smallest absolute Gasteiger partial charge is 0.240 e. The number of nitrogens with zero attached hydrogens (tertiary/aromatic N) is 2. The Labute approximate surface area is 170 Å². The van der Waals surface area contributed by atoms with Gasteiger partial charge in [-0.3, -0.25) is 19.3 Å². The van der Waals surface area contributed by atoms with E-state index in [1.807, 2.05) is 54.6 Å². The molecular weight excluding hydrogens is 368 g/mol. The zero-order chi connectivity index (χ0) is 20.4. The summed E-state index contributed by atoms with van der Waals surface area (Å²) in [7, 11) is 1.49. The molecule has 0 aromatic heterocycles. The third-order valence-corrected chi connectivity index (χ3v) is 5.90. The van der Waals surface area contributed by atoms with Crippen molar-refractivity contribution in [3.63, 3.8) is 0 Å². The Bertz CT molecular complexity index is 920. The lowest BCUT2D eigenvalue weighted by Gasteiger charge is -2.32. The number of carbonyl (C=O) groups excluding carboxylic acids is 3. The van der Waals surface area contributed by atoms with Crippen LogP contribution in [0.4, 0.5) is 0 Å². The maximum atomic E-state index is 13.1.